The van der Waals surface area contributed by atoms with Crippen molar-refractivity contribution in [2.75, 3.05) is 20.2 Å². The van der Waals surface area contributed by atoms with Gasteiger partial charge in [-0.3, -0.25) is 9.59 Å². The molecule has 96 valence electrons. The fourth-order valence-corrected chi connectivity index (χ4v) is 1.95. The molecule has 1 rings (SSSR count). The van der Waals surface area contributed by atoms with Crippen molar-refractivity contribution in [1.29, 1.82) is 0 Å². The summed E-state index contributed by atoms with van der Waals surface area (Å²) in [5.74, 6) is -1.90. The number of nitrogens with zero attached hydrogens (tertiary/aromatic N) is 1. The fourth-order valence-electron chi connectivity index (χ4n) is 1.95. The van der Waals surface area contributed by atoms with Crippen molar-refractivity contribution in [1.82, 2.24) is 10.2 Å². The molecule has 0 spiro atoms. The van der Waals surface area contributed by atoms with E-state index >= 15 is 0 Å². The van der Waals surface area contributed by atoms with Crippen LogP contribution in [0.3, 0.4) is 0 Å². The molecule has 1 heterocycles. The third-order valence-corrected chi connectivity index (χ3v) is 2.64. The summed E-state index contributed by atoms with van der Waals surface area (Å²) in [6, 6.07) is -0.346. The number of ether oxygens (including phenoxy) is 1. The Morgan fingerprint density at radius 3 is 2.47 bits per heavy atom. The van der Waals surface area contributed by atoms with Gasteiger partial charge in [0, 0.05) is 26.1 Å². The zero-order valence-corrected chi connectivity index (χ0v) is 9.80. The summed E-state index contributed by atoms with van der Waals surface area (Å²) in [6.07, 6.45) is -0.256. The van der Waals surface area contributed by atoms with Crippen LogP contribution in [0.2, 0.25) is 0 Å². The average molecular weight is 244 g/mol. The van der Waals surface area contributed by atoms with Gasteiger partial charge in [0.05, 0.1) is 13.0 Å². The highest BCUT2D eigenvalue weighted by Gasteiger charge is 2.34. The van der Waals surface area contributed by atoms with Crippen molar-refractivity contribution in [2.24, 2.45) is 5.92 Å². The van der Waals surface area contributed by atoms with E-state index in [0.717, 1.165) is 0 Å². The van der Waals surface area contributed by atoms with Gasteiger partial charge in [0.25, 0.3) is 0 Å². The van der Waals surface area contributed by atoms with Gasteiger partial charge < -0.3 is 20.1 Å². The maximum Gasteiger partial charge on any atom is 0.409 e. The summed E-state index contributed by atoms with van der Waals surface area (Å²) in [7, 11) is 1.24. The van der Waals surface area contributed by atoms with E-state index < -0.39 is 18.0 Å². The fraction of sp³-hybridized carbons (Fsp3) is 0.700. The highest BCUT2D eigenvalue weighted by Crippen LogP contribution is 2.18. The second kappa shape index (κ2) is 5.51. The topological polar surface area (TPSA) is 95.9 Å². The van der Waals surface area contributed by atoms with Gasteiger partial charge >= 0.3 is 12.1 Å². The summed E-state index contributed by atoms with van der Waals surface area (Å²) in [4.78, 5) is 34.6. The monoisotopic (exact) mass is 244 g/mol. The van der Waals surface area contributed by atoms with Gasteiger partial charge in [0.15, 0.2) is 0 Å². The van der Waals surface area contributed by atoms with Gasteiger partial charge in [-0.2, -0.15) is 0 Å². The number of likely N-dealkylation sites (tertiary alicyclic amines) is 1. The van der Waals surface area contributed by atoms with E-state index in [-0.39, 0.29) is 25.0 Å². The smallest absolute Gasteiger partial charge is 0.409 e. The van der Waals surface area contributed by atoms with E-state index in [1.165, 1.54) is 18.9 Å². The zero-order chi connectivity index (χ0) is 13.0. The molecule has 2 unspecified atom stereocenters. The number of carbonyl (C=O) groups excluding carboxylic acids is 2. The quantitative estimate of drug-likeness (QED) is 0.693. The normalized spacial score (nSPS) is 24.0. The first-order chi connectivity index (χ1) is 7.93. The highest BCUT2D eigenvalue weighted by atomic mass is 16.5. The van der Waals surface area contributed by atoms with E-state index in [1.54, 1.807) is 0 Å². The predicted octanol–water partition coefficient (Wildman–Crippen LogP) is -0.336. The van der Waals surface area contributed by atoms with Crippen molar-refractivity contribution in [3.8, 4) is 0 Å². The Bertz CT molecular complexity index is 331. The van der Waals surface area contributed by atoms with Crippen LogP contribution >= 0.6 is 0 Å². The number of methoxy groups -OCH3 is 1. The molecule has 7 nitrogen and oxygen atoms in total. The minimum absolute atomic E-state index is 0.109. The number of hydrogen-bond donors (Lipinski definition) is 2. The molecule has 0 aromatic carbocycles. The zero-order valence-electron chi connectivity index (χ0n) is 9.80. The average Bonchev–Trinajstić information content (AvgIpc) is 2.26. The van der Waals surface area contributed by atoms with Crippen molar-refractivity contribution in [3.63, 3.8) is 0 Å². The molecule has 1 aliphatic heterocycles. The minimum atomic E-state index is -0.978. The highest BCUT2D eigenvalue weighted by molar-refractivity contribution is 5.75. The number of piperidine rings is 1. The van der Waals surface area contributed by atoms with Crippen LogP contribution in [-0.4, -0.2) is 54.2 Å². The summed E-state index contributed by atoms with van der Waals surface area (Å²) < 4.78 is 4.55. The van der Waals surface area contributed by atoms with E-state index in [4.69, 9.17) is 5.11 Å². The second-order valence-corrected chi connectivity index (χ2v) is 4.04. The number of amides is 2. The third kappa shape index (κ3) is 3.61. The van der Waals surface area contributed by atoms with Crippen LogP contribution < -0.4 is 5.32 Å². The van der Waals surface area contributed by atoms with Crippen LogP contribution in [0, 0.1) is 5.92 Å². The molecule has 1 fully saturated rings. The number of aliphatic carboxylic acids is 1. The SMILES string of the molecule is COC(=O)N1CC(NC(C)=O)CC(C(=O)O)C1. The summed E-state index contributed by atoms with van der Waals surface area (Å²) in [5.41, 5.74) is 0. The van der Waals surface area contributed by atoms with Crippen LogP contribution in [0.25, 0.3) is 0 Å². The number of hydrogen-bond acceptors (Lipinski definition) is 4. The molecule has 1 saturated heterocycles. The lowest BCUT2D eigenvalue weighted by atomic mass is 9.94. The Kier molecular flexibility index (Phi) is 4.30. The predicted molar refractivity (Wildman–Crippen MR) is 57.3 cm³/mol. The van der Waals surface area contributed by atoms with Crippen molar-refractivity contribution < 1.29 is 24.2 Å². The Hall–Kier alpha value is -1.79. The van der Waals surface area contributed by atoms with Crippen molar-refractivity contribution in [2.45, 2.75) is 19.4 Å². The first-order valence-electron chi connectivity index (χ1n) is 5.26. The van der Waals surface area contributed by atoms with E-state index in [1.807, 2.05) is 0 Å². The molecule has 1 aliphatic rings. The van der Waals surface area contributed by atoms with E-state index in [0.29, 0.717) is 6.42 Å². The van der Waals surface area contributed by atoms with Crippen molar-refractivity contribution >= 4 is 18.0 Å². The van der Waals surface area contributed by atoms with E-state index in [9.17, 15) is 14.4 Å². The standard InChI is InChI=1S/C10H16N2O5/c1-6(13)11-8-3-7(9(14)15)4-12(5-8)10(16)17-2/h7-8H,3-5H2,1-2H3,(H,11,13)(H,14,15). The van der Waals surface area contributed by atoms with Crippen LogP contribution in [0.4, 0.5) is 4.79 Å². The first-order valence-corrected chi connectivity index (χ1v) is 5.26. The number of carboxylic acids is 1. The van der Waals surface area contributed by atoms with Crippen molar-refractivity contribution in [3.05, 3.63) is 0 Å². The Morgan fingerprint density at radius 2 is 2.00 bits per heavy atom. The lowest BCUT2D eigenvalue weighted by Crippen LogP contribution is -2.53. The molecule has 2 amide bonds. The van der Waals surface area contributed by atoms with Gasteiger partial charge in [-0.25, -0.2) is 4.79 Å². The Morgan fingerprint density at radius 1 is 1.35 bits per heavy atom. The summed E-state index contributed by atoms with van der Waals surface area (Å²) in [6.45, 7) is 1.74. The lowest BCUT2D eigenvalue weighted by molar-refractivity contribution is -0.144. The van der Waals surface area contributed by atoms with Crippen LogP contribution in [0.15, 0.2) is 0 Å². The third-order valence-electron chi connectivity index (χ3n) is 2.64. The van der Waals surface area contributed by atoms with Crippen LogP contribution in [-0.2, 0) is 14.3 Å². The van der Waals surface area contributed by atoms with Crippen LogP contribution in [0.1, 0.15) is 13.3 Å². The molecule has 0 aromatic rings. The molecule has 2 N–H and O–H groups in total. The molecule has 2 atom stereocenters. The summed E-state index contributed by atoms with van der Waals surface area (Å²) >= 11 is 0. The molecule has 0 bridgehead atoms. The molecule has 7 heteroatoms. The first kappa shape index (κ1) is 13.3. The molecular weight excluding hydrogens is 228 g/mol. The molecule has 17 heavy (non-hydrogen) atoms. The van der Waals surface area contributed by atoms with Gasteiger partial charge in [-0.1, -0.05) is 0 Å². The number of carbonyl (C=O) groups is 3. The number of nitrogens with one attached hydrogen (secondary N) is 1. The van der Waals surface area contributed by atoms with Gasteiger partial charge in [0.2, 0.25) is 5.91 Å². The largest absolute Gasteiger partial charge is 0.481 e. The number of rotatable bonds is 2. The Balaban J connectivity index is 2.72. The maximum atomic E-state index is 11.4. The van der Waals surface area contributed by atoms with Crippen LogP contribution in [0.5, 0.6) is 0 Å². The lowest BCUT2D eigenvalue weighted by Gasteiger charge is -2.35. The number of carboxylic acid groups (broad SMARTS) is 1. The second-order valence-electron chi connectivity index (χ2n) is 4.04. The summed E-state index contributed by atoms with van der Waals surface area (Å²) in [5, 5.41) is 11.6. The molecule has 0 aliphatic carbocycles. The maximum absolute atomic E-state index is 11.4. The Labute approximate surface area is 98.7 Å². The van der Waals surface area contributed by atoms with Gasteiger partial charge in [-0.15, -0.1) is 0 Å². The van der Waals surface area contributed by atoms with Gasteiger partial charge in [-0.05, 0) is 6.42 Å². The molecule has 0 aromatic heterocycles. The van der Waals surface area contributed by atoms with E-state index in [2.05, 4.69) is 10.1 Å². The molecule has 0 saturated carbocycles. The van der Waals surface area contributed by atoms with Gasteiger partial charge in [0.1, 0.15) is 0 Å². The molecule has 0 radical (unpaired) electrons. The minimum Gasteiger partial charge on any atom is -0.481 e. The molecular formula is C10H16N2O5.